The molecule has 0 bridgehead atoms. The van der Waals surface area contributed by atoms with Crippen LogP contribution in [0.4, 0.5) is 0 Å². The lowest BCUT2D eigenvalue weighted by molar-refractivity contribution is -0.122. The minimum atomic E-state index is -0.189. The highest BCUT2D eigenvalue weighted by Gasteiger charge is 2.18. The van der Waals surface area contributed by atoms with E-state index in [9.17, 15) is 4.79 Å². The molecule has 0 fully saturated rings. The van der Waals surface area contributed by atoms with E-state index in [2.05, 4.69) is 25.4 Å². The maximum Gasteiger partial charge on any atom is 0.233 e. The van der Waals surface area contributed by atoms with Gasteiger partial charge in [-0.2, -0.15) is 4.98 Å². The number of nitrogens with zero attached hydrogens (tertiary/aromatic N) is 5. The number of carbonyl (C=O) groups is 1. The van der Waals surface area contributed by atoms with E-state index in [0.29, 0.717) is 36.1 Å². The normalized spacial score (nSPS) is 12.1. The van der Waals surface area contributed by atoms with Gasteiger partial charge in [-0.3, -0.25) is 9.20 Å². The molecule has 0 aliphatic heterocycles. The Morgan fingerprint density at radius 1 is 1.27 bits per heavy atom. The molecule has 4 rings (SSSR count). The highest BCUT2D eigenvalue weighted by molar-refractivity contribution is 5.76. The minimum Gasteiger partial charge on any atom is -0.496 e. The molecule has 1 amide bonds. The number of imidazole rings is 1. The summed E-state index contributed by atoms with van der Waals surface area (Å²) in [6.07, 6.45) is 6.74. The molecule has 0 saturated heterocycles. The van der Waals surface area contributed by atoms with Crippen LogP contribution < -0.4 is 10.1 Å². The highest BCUT2D eigenvalue weighted by atomic mass is 16.5. The number of para-hydroxylation sites is 1. The van der Waals surface area contributed by atoms with Gasteiger partial charge >= 0.3 is 0 Å². The number of benzene rings is 1. The first-order valence-corrected chi connectivity index (χ1v) is 9.73. The van der Waals surface area contributed by atoms with Gasteiger partial charge in [0.1, 0.15) is 5.75 Å². The summed E-state index contributed by atoms with van der Waals surface area (Å²) in [6.45, 7) is 2.00. The van der Waals surface area contributed by atoms with Gasteiger partial charge in [0.25, 0.3) is 0 Å². The highest BCUT2D eigenvalue weighted by Crippen LogP contribution is 2.27. The van der Waals surface area contributed by atoms with Gasteiger partial charge in [-0.25, -0.2) is 9.97 Å². The van der Waals surface area contributed by atoms with E-state index in [1.54, 1.807) is 13.3 Å². The van der Waals surface area contributed by atoms with E-state index in [1.165, 1.54) is 0 Å². The summed E-state index contributed by atoms with van der Waals surface area (Å²) in [5, 5.41) is 7.02. The molecule has 1 atom stereocenters. The van der Waals surface area contributed by atoms with E-state index in [-0.39, 0.29) is 18.4 Å². The van der Waals surface area contributed by atoms with Gasteiger partial charge in [-0.1, -0.05) is 24.2 Å². The number of rotatable bonds is 8. The van der Waals surface area contributed by atoms with Crippen LogP contribution in [0.3, 0.4) is 0 Å². The zero-order valence-corrected chi connectivity index (χ0v) is 16.8. The SMILES string of the molecule is CCC(NC(=O)CCc1nc(-c2ccccc2OC)no1)c1cn2cccnc2n1. The van der Waals surface area contributed by atoms with Crippen molar-refractivity contribution >= 4 is 11.7 Å². The summed E-state index contributed by atoms with van der Waals surface area (Å²) in [5.41, 5.74) is 1.52. The van der Waals surface area contributed by atoms with Gasteiger partial charge in [0.05, 0.1) is 24.4 Å². The number of nitrogens with one attached hydrogen (secondary N) is 1. The summed E-state index contributed by atoms with van der Waals surface area (Å²) >= 11 is 0. The smallest absolute Gasteiger partial charge is 0.233 e. The Kier molecular flexibility index (Phi) is 5.69. The van der Waals surface area contributed by atoms with Crippen molar-refractivity contribution in [2.45, 2.75) is 32.2 Å². The molecule has 30 heavy (non-hydrogen) atoms. The Bertz CT molecular complexity index is 1120. The summed E-state index contributed by atoms with van der Waals surface area (Å²) in [6, 6.07) is 9.08. The Balaban J connectivity index is 1.38. The molecular formula is C21H22N6O3. The third-order valence-corrected chi connectivity index (χ3v) is 4.74. The van der Waals surface area contributed by atoms with Crippen molar-refractivity contribution < 1.29 is 14.1 Å². The number of amides is 1. The number of ether oxygens (including phenoxy) is 1. The first-order valence-electron chi connectivity index (χ1n) is 9.73. The van der Waals surface area contributed by atoms with Gasteiger partial charge in [0.15, 0.2) is 0 Å². The van der Waals surface area contributed by atoms with Gasteiger partial charge < -0.3 is 14.6 Å². The maximum absolute atomic E-state index is 12.5. The molecule has 1 unspecified atom stereocenters. The Morgan fingerprint density at radius 3 is 2.93 bits per heavy atom. The predicted molar refractivity (Wildman–Crippen MR) is 109 cm³/mol. The van der Waals surface area contributed by atoms with Gasteiger partial charge in [-0.15, -0.1) is 0 Å². The zero-order valence-electron chi connectivity index (χ0n) is 16.8. The lowest BCUT2D eigenvalue weighted by Crippen LogP contribution is -2.28. The third-order valence-electron chi connectivity index (χ3n) is 4.74. The predicted octanol–water partition coefficient (Wildman–Crippen LogP) is 2.99. The van der Waals surface area contributed by atoms with Crippen LogP contribution in [-0.2, 0) is 11.2 Å². The van der Waals surface area contributed by atoms with Crippen LogP contribution in [0.5, 0.6) is 5.75 Å². The largest absolute Gasteiger partial charge is 0.496 e. The number of carbonyl (C=O) groups excluding carboxylic acids is 1. The van der Waals surface area contributed by atoms with E-state index < -0.39 is 0 Å². The van der Waals surface area contributed by atoms with E-state index >= 15 is 0 Å². The lowest BCUT2D eigenvalue weighted by Gasteiger charge is -2.14. The summed E-state index contributed by atoms with van der Waals surface area (Å²) in [7, 11) is 1.59. The molecule has 0 radical (unpaired) electrons. The molecule has 9 heteroatoms. The molecule has 9 nitrogen and oxygen atoms in total. The molecule has 154 valence electrons. The van der Waals surface area contributed by atoms with Crippen LogP contribution >= 0.6 is 0 Å². The maximum atomic E-state index is 12.5. The second kappa shape index (κ2) is 8.73. The molecule has 0 aliphatic rings. The van der Waals surface area contributed by atoms with Crippen LogP contribution in [0.2, 0.25) is 0 Å². The van der Waals surface area contributed by atoms with Crippen LogP contribution in [0.1, 0.15) is 37.4 Å². The number of methoxy groups -OCH3 is 1. The van der Waals surface area contributed by atoms with E-state index in [4.69, 9.17) is 9.26 Å². The van der Waals surface area contributed by atoms with Crippen LogP contribution in [0, 0.1) is 0 Å². The molecular weight excluding hydrogens is 384 g/mol. The first kappa shape index (κ1) is 19.6. The Hall–Kier alpha value is -3.75. The average molecular weight is 406 g/mol. The van der Waals surface area contributed by atoms with Crippen molar-refractivity contribution in [2.24, 2.45) is 0 Å². The van der Waals surface area contributed by atoms with Crippen molar-refractivity contribution in [3.05, 3.63) is 60.5 Å². The zero-order chi connectivity index (χ0) is 20.9. The summed E-state index contributed by atoms with van der Waals surface area (Å²) < 4.78 is 12.5. The molecule has 0 saturated carbocycles. The lowest BCUT2D eigenvalue weighted by atomic mass is 10.1. The van der Waals surface area contributed by atoms with Crippen molar-refractivity contribution in [3.63, 3.8) is 0 Å². The second-order valence-electron chi connectivity index (χ2n) is 6.73. The molecule has 3 aromatic heterocycles. The minimum absolute atomic E-state index is 0.107. The average Bonchev–Trinajstić information content (AvgIpc) is 3.43. The fourth-order valence-electron chi connectivity index (χ4n) is 3.18. The van der Waals surface area contributed by atoms with Gasteiger partial charge in [0, 0.05) is 31.4 Å². The topological polar surface area (TPSA) is 107 Å². The molecule has 4 aromatic rings. The number of aryl methyl sites for hydroxylation is 1. The number of fused-ring (bicyclic) bond motifs is 1. The fourth-order valence-corrected chi connectivity index (χ4v) is 3.18. The Labute approximate surface area is 173 Å². The van der Waals surface area contributed by atoms with Gasteiger partial charge in [0.2, 0.25) is 23.4 Å². The van der Waals surface area contributed by atoms with Crippen LogP contribution in [0.15, 0.2) is 53.4 Å². The fraction of sp³-hybridized carbons (Fsp3) is 0.286. The monoisotopic (exact) mass is 406 g/mol. The summed E-state index contributed by atoms with van der Waals surface area (Å²) in [4.78, 5) is 25.6. The van der Waals surface area contributed by atoms with Crippen LogP contribution in [0.25, 0.3) is 17.2 Å². The molecule has 1 aromatic carbocycles. The number of aromatic nitrogens is 5. The van der Waals surface area contributed by atoms with E-state index in [1.807, 2.05) is 54.0 Å². The van der Waals surface area contributed by atoms with E-state index in [0.717, 1.165) is 11.3 Å². The molecule has 0 spiro atoms. The number of hydrogen-bond acceptors (Lipinski definition) is 7. The summed E-state index contributed by atoms with van der Waals surface area (Å²) in [5.74, 6) is 2.00. The van der Waals surface area contributed by atoms with Gasteiger partial charge in [-0.05, 0) is 24.6 Å². The van der Waals surface area contributed by atoms with Crippen molar-refractivity contribution in [2.75, 3.05) is 7.11 Å². The van der Waals surface area contributed by atoms with Crippen LogP contribution in [-0.4, -0.2) is 37.5 Å². The van der Waals surface area contributed by atoms with Crippen molar-refractivity contribution in [1.82, 2.24) is 29.8 Å². The standard InChI is InChI=1S/C21H22N6O3/c1-3-15(16-13-27-12-6-11-22-21(27)24-16)23-18(28)9-10-19-25-20(26-30-19)14-7-4-5-8-17(14)29-2/h4-8,11-13,15H,3,9-10H2,1-2H3,(H,23,28). The quantitative estimate of drug-likeness (QED) is 0.479. The van der Waals surface area contributed by atoms with Crippen molar-refractivity contribution in [1.29, 1.82) is 0 Å². The molecule has 3 heterocycles. The third kappa shape index (κ3) is 4.14. The second-order valence-corrected chi connectivity index (χ2v) is 6.73. The first-order chi connectivity index (χ1) is 14.7. The molecule has 0 aliphatic carbocycles. The Morgan fingerprint density at radius 2 is 2.13 bits per heavy atom. The molecule has 1 N–H and O–H groups in total. The number of hydrogen-bond donors (Lipinski definition) is 1. The van der Waals surface area contributed by atoms with Crippen molar-refractivity contribution in [3.8, 4) is 17.1 Å².